The van der Waals surface area contributed by atoms with Crippen molar-refractivity contribution in [3.63, 3.8) is 0 Å². The third-order valence-corrected chi connectivity index (χ3v) is 2.87. The first kappa shape index (κ1) is 17.5. The molecule has 0 saturated heterocycles. The summed E-state index contributed by atoms with van der Waals surface area (Å²) in [5.74, 6) is 4.71. The Bertz CT molecular complexity index is 527. The van der Waals surface area contributed by atoms with Crippen molar-refractivity contribution in [3.05, 3.63) is 35.1 Å². The first-order chi connectivity index (χ1) is 9.73. The van der Waals surface area contributed by atoms with E-state index in [-0.39, 0.29) is 24.7 Å². The number of rotatable bonds is 4. The number of hydrogen-bond donors (Lipinski definition) is 1. The Morgan fingerprint density at radius 3 is 2.43 bits per heavy atom. The van der Waals surface area contributed by atoms with Gasteiger partial charge in [0.2, 0.25) is 0 Å². The molecule has 0 unspecified atom stereocenters. The van der Waals surface area contributed by atoms with Crippen molar-refractivity contribution in [3.8, 4) is 11.8 Å². The molecule has 0 saturated carbocycles. The Labute approximate surface area is 121 Å². The van der Waals surface area contributed by atoms with Crippen LogP contribution in [0.15, 0.2) is 18.2 Å². The van der Waals surface area contributed by atoms with Gasteiger partial charge in [-0.05, 0) is 26.0 Å². The van der Waals surface area contributed by atoms with Crippen LogP contribution in [0.5, 0.6) is 0 Å². The third-order valence-electron chi connectivity index (χ3n) is 2.87. The van der Waals surface area contributed by atoms with E-state index in [9.17, 15) is 17.6 Å². The van der Waals surface area contributed by atoms with E-state index in [4.69, 9.17) is 5.73 Å². The van der Waals surface area contributed by atoms with Crippen LogP contribution < -0.4 is 5.73 Å². The molecule has 6 heteroatoms. The minimum Gasteiger partial charge on any atom is -0.320 e. The van der Waals surface area contributed by atoms with Crippen LogP contribution in [0.25, 0.3) is 0 Å². The van der Waals surface area contributed by atoms with Gasteiger partial charge in [-0.3, -0.25) is 4.90 Å². The molecular weight excluding hydrogens is 284 g/mol. The molecule has 0 atom stereocenters. The molecule has 116 valence electrons. The Hall–Kier alpha value is -1.58. The summed E-state index contributed by atoms with van der Waals surface area (Å²) in [6.45, 7) is 2.28. The molecule has 0 amide bonds. The van der Waals surface area contributed by atoms with Gasteiger partial charge in [0.25, 0.3) is 0 Å². The second-order valence-electron chi connectivity index (χ2n) is 4.93. The molecule has 0 aliphatic rings. The molecule has 1 aromatic carbocycles. The number of nitrogens with zero attached hydrogens (tertiary/aromatic N) is 1. The van der Waals surface area contributed by atoms with Crippen LogP contribution in [0, 0.1) is 17.7 Å². The van der Waals surface area contributed by atoms with Crippen molar-refractivity contribution in [2.75, 3.05) is 13.1 Å². The minimum absolute atomic E-state index is 0.104. The highest BCUT2D eigenvalue weighted by molar-refractivity contribution is 5.37. The van der Waals surface area contributed by atoms with Gasteiger partial charge in [-0.2, -0.15) is 13.2 Å². The molecule has 21 heavy (non-hydrogen) atoms. The maximum atomic E-state index is 13.9. The number of benzene rings is 1. The van der Waals surface area contributed by atoms with Crippen LogP contribution >= 0.6 is 0 Å². The van der Waals surface area contributed by atoms with Crippen LogP contribution in [-0.2, 0) is 6.54 Å². The molecule has 0 fully saturated rings. The lowest BCUT2D eigenvalue weighted by Gasteiger charge is -2.27. The van der Waals surface area contributed by atoms with Crippen LogP contribution in [-0.4, -0.2) is 30.2 Å². The van der Waals surface area contributed by atoms with E-state index in [0.29, 0.717) is 5.56 Å². The van der Waals surface area contributed by atoms with E-state index < -0.39 is 18.5 Å². The zero-order valence-electron chi connectivity index (χ0n) is 12.0. The molecule has 0 aliphatic heterocycles. The fourth-order valence-electron chi connectivity index (χ4n) is 1.78. The highest BCUT2D eigenvalue weighted by Crippen LogP contribution is 2.21. The monoisotopic (exact) mass is 302 g/mol. The largest absolute Gasteiger partial charge is 0.401 e. The quantitative estimate of drug-likeness (QED) is 0.684. The molecule has 0 bridgehead atoms. The zero-order chi connectivity index (χ0) is 16.0. The molecule has 2 nitrogen and oxygen atoms in total. The fraction of sp³-hybridized carbons (Fsp3) is 0.467. The molecule has 0 aliphatic carbocycles. The standard InChI is InChI=1S/C15H18F4N2/c1-11(2)21(10-15(17,18)19)9-13-6-5-12(4-3-7-20)8-14(13)16/h5-6,8,11H,7,9-10,20H2,1-2H3. The third kappa shape index (κ3) is 6.15. The van der Waals surface area contributed by atoms with Crippen LogP contribution in [0.3, 0.4) is 0 Å². The topological polar surface area (TPSA) is 29.3 Å². The van der Waals surface area contributed by atoms with Gasteiger partial charge < -0.3 is 5.73 Å². The van der Waals surface area contributed by atoms with Crippen LogP contribution in [0.2, 0.25) is 0 Å². The Morgan fingerprint density at radius 2 is 1.95 bits per heavy atom. The molecule has 0 radical (unpaired) electrons. The molecule has 1 aromatic rings. The Kier molecular flexibility index (Phi) is 6.19. The lowest BCUT2D eigenvalue weighted by molar-refractivity contribution is -0.151. The molecule has 2 N–H and O–H groups in total. The van der Waals surface area contributed by atoms with Gasteiger partial charge in [0.05, 0.1) is 13.1 Å². The van der Waals surface area contributed by atoms with Crippen molar-refractivity contribution in [2.24, 2.45) is 5.73 Å². The second-order valence-corrected chi connectivity index (χ2v) is 4.93. The lowest BCUT2D eigenvalue weighted by atomic mass is 10.1. The van der Waals surface area contributed by atoms with Gasteiger partial charge in [0, 0.05) is 23.7 Å². The van der Waals surface area contributed by atoms with Crippen molar-refractivity contribution in [1.29, 1.82) is 0 Å². The zero-order valence-corrected chi connectivity index (χ0v) is 12.0. The molecule has 0 heterocycles. The van der Waals surface area contributed by atoms with E-state index in [1.807, 2.05) is 0 Å². The van der Waals surface area contributed by atoms with Crippen LogP contribution in [0.1, 0.15) is 25.0 Å². The van der Waals surface area contributed by atoms with Crippen molar-refractivity contribution >= 4 is 0 Å². The maximum absolute atomic E-state index is 13.9. The van der Waals surface area contributed by atoms with Crippen molar-refractivity contribution in [2.45, 2.75) is 32.6 Å². The number of halogens is 4. The molecule has 0 spiro atoms. The van der Waals surface area contributed by atoms with Gasteiger partial charge in [-0.1, -0.05) is 17.9 Å². The second kappa shape index (κ2) is 7.43. The summed E-state index contributed by atoms with van der Waals surface area (Å²) in [5, 5.41) is 0. The first-order valence-corrected chi connectivity index (χ1v) is 6.51. The van der Waals surface area contributed by atoms with E-state index in [1.54, 1.807) is 19.9 Å². The Morgan fingerprint density at radius 1 is 1.29 bits per heavy atom. The molecular formula is C15H18F4N2. The summed E-state index contributed by atoms with van der Waals surface area (Å²) >= 11 is 0. The van der Waals surface area contributed by atoms with E-state index in [0.717, 1.165) is 0 Å². The van der Waals surface area contributed by atoms with Gasteiger partial charge in [0.15, 0.2) is 0 Å². The number of alkyl halides is 3. The van der Waals surface area contributed by atoms with Crippen LogP contribution in [0.4, 0.5) is 17.6 Å². The van der Waals surface area contributed by atoms with Gasteiger partial charge in [-0.15, -0.1) is 0 Å². The highest BCUT2D eigenvalue weighted by atomic mass is 19.4. The van der Waals surface area contributed by atoms with Crippen molar-refractivity contribution in [1.82, 2.24) is 4.90 Å². The summed E-state index contributed by atoms with van der Waals surface area (Å²) in [6.07, 6.45) is -4.31. The highest BCUT2D eigenvalue weighted by Gasteiger charge is 2.32. The minimum atomic E-state index is -4.31. The molecule has 1 rings (SSSR count). The average Bonchev–Trinajstić information content (AvgIpc) is 2.36. The summed E-state index contributed by atoms with van der Waals surface area (Å²) < 4.78 is 51.4. The van der Waals surface area contributed by atoms with Crippen molar-refractivity contribution < 1.29 is 17.6 Å². The van der Waals surface area contributed by atoms with Gasteiger partial charge >= 0.3 is 6.18 Å². The summed E-state index contributed by atoms with van der Waals surface area (Å²) in [4.78, 5) is 1.17. The predicted octanol–water partition coefficient (Wildman–Crippen LogP) is 2.91. The average molecular weight is 302 g/mol. The lowest BCUT2D eigenvalue weighted by Crippen LogP contribution is -2.38. The SMILES string of the molecule is CC(C)N(Cc1ccc(C#CCN)cc1F)CC(F)(F)F. The van der Waals surface area contributed by atoms with Gasteiger partial charge in [-0.25, -0.2) is 4.39 Å². The summed E-state index contributed by atoms with van der Waals surface area (Å²) in [6, 6.07) is 3.90. The summed E-state index contributed by atoms with van der Waals surface area (Å²) in [7, 11) is 0. The van der Waals surface area contributed by atoms with Gasteiger partial charge in [0.1, 0.15) is 5.82 Å². The van der Waals surface area contributed by atoms with E-state index >= 15 is 0 Å². The fourth-order valence-corrected chi connectivity index (χ4v) is 1.78. The number of nitrogens with two attached hydrogens (primary N) is 1. The first-order valence-electron chi connectivity index (χ1n) is 6.51. The van der Waals surface area contributed by atoms with E-state index in [1.165, 1.54) is 17.0 Å². The van der Waals surface area contributed by atoms with E-state index in [2.05, 4.69) is 11.8 Å². The Balaban J connectivity index is 2.89. The normalized spacial score (nSPS) is 11.7. The number of hydrogen-bond acceptors (Lipinski definition) is 2. The summed E-state index contributed by atoms with van der Waals surface area (Å²) in [5.41, 5.74) is 5.89. The molecule has 0 aromatic heterocycles. The predicted molar refractivity (Wildman–Crippen MR) is 73.9 cm³/mol. The maximum Gasteiger partial charge on any atom is 0.401 e. The smallest absolute Gasteiger partial charge is 0.320 e.